The second-order valence-corrected chi connectivity index (χ2v) is 8.19. The first kappa shape index (κ1) is 22.8. The molecule has 2 rings (SSSR count). The van der Waals surface area contributed by atoms with Gasteiger partial charge in [0.15, 0.2) is 0 Å². The maximum absolute atomic E-state index is 13.7. The van der Waals surface area contributed by atoms with Crippen molar-refractivity contribution >= 4 is 15.9 Å². The minimum absolute atomic E-state index is 0.0118. The van der Waals surface area contributed by atoms with Crippen molar-refractivity contribution in [2.24, 2.45) is 0 Å². The highest BCUT2D eigenvalue weighted by Gasteiger charge is 2.16. The van der Waals surface area contributed by atoms with Gasteiger partial charge >= 0.3 is 0 Å². The van der Waals surface area contributed by atoms with Gasteiger partial charge in [0.2, 0.25) is 15.9 Å². The molecule has 0 spiro atoms. The van der Waals surface area contributed by atoms with Crippen LogP contribution in [0.4, 0.5) is 8.78 Å². The molecular weight excluding hydrogens is 402 g/mol. The highest BCUT2D eigenvalue weighted by atomic mass is 32.2. The number of rotatable bonds is 10. The highest BCUT2D eigenvalue weighted by molar-refractivity contribution is 7.89. The minimum Gasteiger partial charge on any atom is -0.494 e. The van der Waals surface area contributed by atoms with E-state index in [1.165, 1.54) is 18.2 Å². The number of halogens is 2. The number of hydrogen-bond acceptors (Lipinski definition) is 4. The molecule has 0 aliphatic carbocycles. The van der Waals surface area contributed by atoms with Crippen LogP contribution in [-0.4, -0.2) is 33.5 Å². The molecule has 1 amide bonds. The zero-order valence-electron chi connectivity index (χ0n) is 16.2. The first-order chi connectivity index (χ1) is 13.7. The fourth-order valence-electron chi connectivity index (χ4n) is 2.70. The molecule has 6 nitrogen and oxygen atoms in total. The SMILES string of the molecule is CCOc1ccc(S(=O)(=O)NCCC(=O)NC(C)Cc2c(F)cccc2F)cc1. The van der Waals surface area contributed by atoms with Crippen LogP contribution >= 0.6 is 0 Å². The molecule has 0 bridgehead atoms. The number of carbonyl (C=O) groups excluding carboxylic acids is 1. The maximum atomic E-state index is 13.7. The van der Waals surface area contributed by atoms with Crippen LogP contribution in [0, 0.1) is 11.6 Å². The van der Waals surface area contributed by atoms with E-state index in [0.29, 0.717) is 12.4 Å². The number of ether oxygens (including phenoxy) is 1. The smallest absolute Gasteiger partial charge is 0.240 e. The van der Waals surface area contributed by atoms with E-state index in [0.717, 1.165) is 12.1 Å². The quantitative estimate of drug-likeness (QED) is 0.612. The Labute approximate surface area is 169 Å². The highest BCUT2D eigenvalue weighted by Crippen LogP contribution is 2.16. The number of amides is 1. The van der Waals surface area contributed by atoms with E-state index in [1.807, 2.05) is 6.92 Å². The fourth-order valence-corrected chi connectivity index (χ4v) is 3.73. The summed E-state index contributed by atoms with van der Waals surface area (Å²) in [5, 5.41) is 2.61. The van der Waals surface area contributed by atoms with E-state index in [4.69, 9.17) is 4.74 Å². The maximum Gasteiger partial charge on any atom is 0.240 e. The van der Waals surface area contributed by atoms with Crippen molar-refractivity contribution in [3.8, 4) is 5.75 Å². The van der Waals surface area contributed by atoms with E-state index >= 15 is 0 Å². The van der Waals surface area contributed by atoms with E-state index < -0.39 is 33.6 Å². The zero-order valence-corrected chi connectivity index (χ0v) is 17.1. The predicted octanol–water partition coefficient (Wildman–Crippen LogP) is 2.78. The molecule has 2 N–H and O–H groups in total. The molecule has 2 aromatic carbocycles. The third kappa shape index (κ3) is 6.79. The fraction of sp³-hybridized carbons (Fsp3) is 0.350. The lowest BCUT2D eigenvalue weighted by molar-refractivity contribution is -0.121. The van der Waals surface area contributed by atoms with Gasteiger partial charge in [0.1, 0.15) is 17.4 Å². The van der Waals surface area contributed by atoms with Gasteiger partial charge in [0.25, 0.3) is 0 Å². The van der Waals surface area contributed by atoms with Gasteiger partial charge in [-0.3, -0.25) is 4.79 Å². The van der Waals surface area contributed by atoms with Crippen LogP contribution in [-0.2, 0) is 21.2 Å². The molecule has 158 valence electrons. The Morgan fingerprint density at radius 3 is 2.31 bits per heavy atom. The van der Waals surface area contributed by atoms with Gasteiger partial charge in [0.05, 0.1) is 11.5 Å². The molecule has 1 atom stereocenters. The Morgan fingerprint density at radius 1 is 1.10 bits per heavy atom. The molecule has 0 heterocycles. The van der Waals surface area contributed by atoms with E-state index in [9.17, 15) is 22.0 Å². The van der Waals surface area contributed by atoms with Crippen molar-refractivity contribution in [1.82, 2.24) is 10.0 Å². The van der Waals surface area contributed by atoms with Crippen LogP contribution in [0.5, 0.6) is 5.75 Å². The van der Waals surface area contributed by atoms with Crippen molar-refractivity contribution in [2.75, 3.05) is 13.2 Å². The van der Waals surface area contributed by atoms with Crippen molar-refractivity contribution in [1.29, 1.82) is 0 Å². The monoisotopic (exact) mass is 426 g/mol. The van der Waals surface area contributed by atoms with Gasteiger partial charge in [-0.2, -0.15) is 0 Å². The second-order valence-electron chi connectivity index (χ2n) is 6.43. The summed E-state index contributed by atoms with van der Waals surface area (Å²) in [5.74, 6) is -1.21. The summed E-state index contributed by atoms with van der Waals surface area (Å²) < 4.78 is 59.5. The summed E-state index contributed by atoms with van der Waals surface area (Å²) in [6.07, 6.45) is -0.123. The van der Waals surface area contributed by atoms with Gasteiger partial charge < -0.3 is 10.1 Å². The number of sulfonamides is 1. The molecule has 0 saturated heterocycles. The van der Waals surface area contributed by atoms with E-state index in [2.05, 4.69) is 10.0 Å². The number of benzene rings is 2. The topological polar surface area (TPSA) is 84.5 Å². The lowest BCUT2D eigenvalue weighted by Crippen LogP contribution is -2.37. The van der Waals surface area contributed by atoms with Gasteiger partial charge in [-0.1, -0.05) is 6.07 Å². The molecule has 0 radical (unpaired) electrons. The van der Waals surface area contributed by atoms with Crippen molar-refractivity contribution < 1.29 is 26.7 Å². The van der Waals surface area contributed by atoms with Gasteiger partial charge in [0, 0.05) is 24.6 Å². The molecular formula is C20H24F2N2O4S. The molecule has 1 unspecified atom stereocenters. The average Bonchev–Trinajstić information content (AvgIpc) is 2.65. The number of hydrogen-bond donors (Lipinski definition) is 2. The van der Waals surface area contributed by atoms with Crippen LogP contribution in [0.15, 0.2) is 47.4 Å². The van der Waals surface area contributed by atoms with Crippen LogP contribution < -0.4 is 14.8 Å². The lowest BCUT2D eigenvalue weighted by atomic mass is 10.1. The van der Waals surface area contributed by atoms with Crippen LogP contribution in [0.3, 0.4) is 0 Å². The number of nitrogens with one attached hydrogen (secondary N) is 2. The van der Waals surface area contributed by atoms with Gasteiger partial charge in [-0.05, 0) is 56.7 Å². The molecule has 0 fully saturated rings. The third-order valence-corrected chi connectivity index (χ3v) is 5.55. The standard InChI is InChI=1S/C20H24F2N2O4S/c1-3-28-15-7-9-16(10-8-15)29(26,27)23-12-11-20(25)24-14(2)13-17-18(21)5-4-6-19(17)22/h4-10,14,23H,3,11-13H2,1-2H3,(H,24,25). The predicted molar refractivity (Wildman–Crippen MR) is 105 cm³/mol. The molecule has 9 heteroatoms. The number of carbonyl (C=O) groups is 1. The Morgan fingerprint density at radius 2 is 1.72 bits per heavy atom. The lowest BCUT2D eigenvalue weighted by Gasteiger charge is -2.15. The van der Waals surface area contributed by atoms with E-state index in [-0.39, 0.29) is 29.8 Å². The Hall–Kier alpha value is -2.52. The summed E-state index contributed by atoms with van der Waals surface area (Å²) in [7, 11) is -3.76. The van der Waals surface area contributed by atoms with Crippen molar-refractivity contribution in [3.63, 3.8) is 0 Å². The normalized spacial score (nSPS) is 12.4. The summed E-state index contributed by atoms with van der Waals surface area (Å²) in [5.41, 5.74) is -0.100. The van der Waals surface area contributed by atoms with Gasteiger partial charge in [-0.25, -0.2) is 21.9 Å². The van der Waals surface area contributed by atoms with Crippen LogP contribution in [0.2, 0.25) is 0 Å². The van der Waals surface area contributed by atoms with Gasteiger partial charge in [-0.15, -0.1) is 0 Å². The molecule has 0 aliphatic heterocycles. The minimum atomic E-state index is -3.76. The van der Waals surface area contributed by atoms with Crippen LogP contribution in [0.25, 0.3) is 0 Å². The third-order valence-electron chi connectivity index (χ3n) is 4.07. The average molecular weight is 426 g/mol. The van der Waals surface area contributed by atoms with E-state index in [1.54, 1.807) is 19.1 Å². The van der Waals surface area contributed by atoms with Crippen molar-refractivity contribution in [2.45, 2.75) is 37.6 Å². The molecule has 29 heavy (non-hydrogen) atoms. The molecule has 2 aromatic rings. The van der Waals surface area contributed by atoms with Crippen molar-refractivity contribution in [3.05, 3.63) is 59.7 Å². The molecule has 0 saturated carbocycles. The zero-order chi connectivity index (χ0) is 21.4. The molecule has 0 aromatic heterocycles. The first-order valence-electron chi connectivity index (χ1n) is 9.17. The summed E-state index contributed by atoms with van der Waals surface area (Å²) >= 11 is 0. The largest absolute Gasteiger partial charge is 0.494 e. The summed E-state index contributed by atoms with van der Waals surface area (Å²) in [6.45, 7) is 3.81. The first-order valence-corrected chi connectivity index (χ1v) is 10.7. The summed E-state index contributed by atoms with van der Waals surface area (Å²) in [4.78, 5) is 12.1. The molecule has 0 aliphatic rings. The van der Waals surface area contributed by atoms with Crippen LogP contribution in [0.1, 0.15) is 25.8 Å². The Balaban J connectivity index is 1.82. The second kappa shape index (κ2) is 10.3. The summed E-state index contributed by atoms with van der Waals surface area (Å²) in [6, 6.07) is 9.00. The Bertz CT molecular complexity index is 914. The Kier molecular flexibility index (Phi) is 8.10.